The van der Waals surface area contributed by atoms with Gasteiger partial charge < -0.3 is 0 Å². The smallest absolute Gasteiger partial charge is 0.211 e. The second-order valence-electron chi connectivity index (χ2n) is 7.20. The van der Waals surface area contributed by atoms with Crippen LogP contribution >= 0.6 is 0 Å². The lowest BCUT2D eigenvalue weighted by atomic mass is 10.2. The fourth-order valence-electron chi connectivity index (χ4n) is 4.46. The van der Waals surface area contributed by atoms with Crippen molar-refractivity contribution < 1.29 is 9.59 Å². The first-order valence-corrected chi connectivity index (χ1v) is 15.1. The summed E-state index contributed by atoms with van der Waals surface area (Å²) in [6, 6.07) is 14.9. The molecule has 1 rings (SSSR count). The highest BCUT2D eigenvalue weighted by Gasteiger charge is 2.50. The molecule has 0 aliphatic carbocycles. The highest BCUT2D eigenvalue weighted by atomic mass is 28.4. The van der Waals surface area contributed by atoms with Crippen LogP contribution in [0, 0.1) is 0 Å². The molecule has 0 fully saturated rings. The van der Waals surface area contributed by atoms with E-state index in [4.69, 9.17) is 0 Å². The minimum atomic E-state index is -1.86. The molecule has 1 aromatic rings. The summed E-state index contributed by atoms with van der Waals surface area (Å²) in [4.78, 5) is 30.0. The molecule has 0 aliphatic rings. The Morgan fingerprint density at radius 1 is 0.808 bits per heavy atom. The van der Waals surface area contributed by atoms with Gasteiger partial charge in [0.25, 0.3) is 0 Å². The van der Waals surface area contributed by atoms with Gasteiger partial charge in [0, 0.05) is 12.3 Å². The van der Waals surface area contributed by atoms with Crippen molar-refractivity contribution in [3.05, 3.63) is 35.9 Å². The Morgan fingerprint density at radius 3 is 1.58 bits per heavy atom. The van der Waals surface area contributed by atoms with E-state index >= 15 is 0 Å². The molecule has 1 aromatic carbocycles. The molecule has 0 bridgehead atoms. The van der Waals surface area contributed by atoms with Crippen molar-refractivity contribution >= 4 is 28.3 Å². The van der Waals surface area contributed by atoms with Gasteiger partial charge in [-0.15, -0.1) is 0 Å². The maximum atomic E-state index is 10.9. The molecule has 0 aliphatic heterocycles. The van der Waals surface area contributed by atoms with Crippen molar-refractivity contribution in [2.24, 2.45) is 9.98 Å². The van der Waals surface area contributed by atoms with E-state index in [0.717, 1.165) is 30.6 Å². The highest BCUT2D eigenvalue weighted by Crippen LogP contribution is 2.43. The monoisotopic (exact) mass is 388 g/mol. The van der Waals surface area contributed by atoms with E-state index < -0.39 is 16.1 Å². The van der Waals surface area contributed by atoms with E-state index in [2.05, 4.69) is 61.9 Å². The number of hydrogen-bond donors (Lipinski definition) is 0. The zero-order valence-corrected chi connectivity index (χ0v) is 18.6. The first-order valence-electron chi connectivity index (χ1n) is 9.69. The Hall–Kier alpha value is -1.59. The van der Waals surface area contributed by atoms with Gasteiger partial charge in [-0.3, -0.25) is 0 Å². The number of hydrogen-bond acceptors (Lipinski definition) is 4. The summed E-state index contributed by atoms with van der Waals surface area (Å²) in [5, 5.41) is 0.525. The molecule has 4 nitrogen and oxygen atoms in total. The van der Waals surface area contributed by atoms with Crippen molar-refractivity contribution in [3.8, 4) is 0 Å². The molecule has 0 spiro atoms. The number of carbonyl (C=O) groups excluding carboxylic acids is 2. The highest BCUT2D eigenvalue weighted by molar-refractivity contribution is 6.99. The van der Waals surface area contributed by atoms with Crippen molar-refractivity contribution in [2.75, 3.05) is 12.3 Å². The summed E-state index contributed by atoms with van der Waals surface area (Å²) in [5.41, 5.74) is 1.33. The third-order valence-electron chi connectivity index (χ3n) is 6.49. The third kappa shape index (κ3) is 5.21. The lowest BCUT2D eigenvalue weighted by molar-refractivity contribution is 0.563. The van der Waals surface area contributed by atoms with Gasteiger partial charge in [-0.2, -0.15) is 0 Å². The van der Waals surface area contributed by atoms with Crippen LogP contribution in [0.2, 0.25) is 29.3 Å². The van der Waals surface area contributed by atoms with Crippen LogP contribution in [0.4, 0.5) is 0 Å². The maximum Gasteiger partial charge on any atom is 0.234 e. The van der Waals surface area contributed by atoms with Crippen LogP contribution in [0.25, 0.3) is 0 Å². The first-order chi connectivity index (χ1) is 12.6. The second kappa shape index (κ2) is 11.2. The van der Waals surface area contributed by atoms with E-state index in [-0.39, 0.29) is 0 Å². The summed E-state index contributed by atoms with van der Waals surface area (Å²) >= 11 is 0. The Bertz CT molecular complexity index is 594. The Labute approximate surface area is 159 Å². The average molecular weight is 389 g/mol. The largest absolute Gasteiger partial charge is 0.234 e. The standard InChI is InChI=1S/C20H32N2O2Si2/c1-5-25(6-2,17-21-15-23)20(14-19-12-10-9-11-13-19)26(7-3,8-4)18-22-16-24/h9-13,20H,5-8,14,17-18H2,1-4H3. The lowest BCUT2D eigenvalue weighted by Crippen LogP contribution is -2.58. The van der Waals surface area contributed by atoms with E-state index in [1.54, 1.807) is 12.2 Å². The van der Waals surface area contributed by atoms with Gasteiger partial charge in [-0.05, 0) is 17.1 Å². The number of nitrogens with zero attached hydrogens (tertiary/aromatic N) is 2. The molecule has 0 unspecified atom stereocenters. The molecule has 0 heterocycles. The van der Waals surface area contributed by atoms with Crippen LogP contribution in [-0.4, -0.2) is 40.6 Å². The number of aliphatic imine (C=N–C) groups is 2. The predicted octanol–water partition coefficient (Wildman–Crippen LogP) is 4.87. The summed E-state index contributed by atoms with van der Waals surface area (Å²) in [6.45, 7) is 9.01. The van der Waals surface area contributed by atoms with Gasteiger partial charge >= 0.3 is 0 Å². The lowest BCUT2D eigenvalue weighted by Gasteiger charge is -2.47. The molecule has 0 amide bonds. The van der Waals surface area contributed by atoms with Gasteiger partial charge in [0.05, 0.1) is 16.1 Å². The molecule has 6 heteroatoms. The van der Waals surface area contributed by atoms with Crippen LogP contribution < -0.4 is 0 Å². The molecule has 26 heavy (non-hydrogen) atoms. The Morgan fingerprint density at radius 2 is 1.23 bits per heavy atom. The van der Waals surface area contributed by atoms with Crippen LogP contribution in [0.15, 0.2) is 40.3 Å². The fourth-order valence-corrected chi connectivity index (χ4v) is 19.1. The van der Waals surface area contributed by atoms with Crippen LogP contribution in [0.5, 0.6) is 0 Å². The minimum absolute atomic E-state index is 0.525. The summed E-state index contributed by atoms with van der Waals surface area (Å²) in [6.07, 6.45) is 5.84. The molecule has 0 aromatic heterocycles. The van der Waals surface area contributed by atoms with E-state index in [9.17, 15) is 9.59 Å². The molecule has 142 valence electrons. The second-order valence-corrected chi connectivity index (χ2v) is 18.1. The number of isocyanates is 2. The zero-order chi connectivity index (χ0) is 19.5. The van der Waals surface area contributed by atoms with Gasteiger partial charge in [-0.25, -0.2) is 19.6 Å². The summed E-state index contributed by atoms with van der Waals surface area (Å²) < 4.78 is 0. The quantitative estimate of drug-likeness (QED) is 0.291. The van der Waals surface area contributed by atoms with Crippen molar-refractivity contribution in [3.63, 3.8) is 0 Å². The van der Waals surface area contributed by atoms with Crippen LogP contribution in [0.1, 0.15) is 33.3 Å². The first kappa shape index (κ1) is 22.5. The third-order valence-corrected chi connectivity index (χ3v) is 20.7. The molecular weight excluding hydrogens is 356 g/mol. The summed E-state index contributed by atoms with van der Waals surface area (Å²) in [7, 11) is -3.72. The van der Waals surface area contributed by atoms with Crippen LogP contribution in [-0.2, 0) is 16.0 Å². The normalized spacial score (nSPS) is 12.8. The number of rotatable bonds is 12. The van der Waals surface area contributed by atoms with Crippen molar-refractivity contribution in [1.29, 1.82) is 0 Å². The van der Waals surface area contributed by atoms with Crippen molar-refractivity contribution in [2.45, 2.75) is 63.5 Å². The maximum absolute atomic E-state index is 10.9. The molecule has 0 atom stereocenters. The van der Waals surface area contributed by atoms with E-state index in [1.165, 1.54) is 5.56 Å². The average Bonchev–Trinajstić information content (AvgIpc) is 2.70. The van der Waals surface area contributed by atoms with E-state index in [0.29, 0.717) is 17.5 Å². The molecule has 0 N–H and O–H groups in total. The van der Waals surface area contributed by atoms with Crippen molar-refractivity contribution in [1.82, 2.24) is 0 Å². The zero-order valence-electron chi connectivity index (χ0n) is 16.6. The van der Waals surface area contributed by atoms with Gasteiger partial charge in [0.15, 0.2) is 0 Å². The molecule has 0 saturated carbocycles. The minimum Gasteiger partial charge on any atom is -0.211 e. The van der Waals surface area contributed by atoms with Gasteiger partial charge in [-0.1, -0.05) is 82.2 Å². The van der Waals surface area contributed by atoms with Gasteiger partial charge in [0.2, 0.25) is 12.2 Å². The Balaban J connectivity index is 3.51. The van der Waals surface area contributed by atoms with Gasteiger partial charge in [0.1, 0.15) is 0 Å². The molecule has 0 radical (unpaired) electrons. The van der Waals surface area contributed by atoms with E-state index in [1.807, 2.05) is 6.07 Å². The Kier molecular flexibility index (Phi) is 9.67. The molecular formula is C20H32N2O2Si2. The fraction of sp³-hybridized carbons (Fsp3) is 0.600. The topological polar surface area (TPSA) is 58.9 Å². The number of benzene rings is 1. The SMILES string of the molecule is CC[Si](CC)(CN=C=O)C(Cc1ccccc1)[Si](CC)(CC)CN=C=O. The predicted molar refractivity (Wildman–Crippen MR) is 113 cm³/mol. The summed E-state index contributed by atoms with van der Waals surface area (Å²) in [5.74, 6) is 0. The molecule has 0 saturated heterocycles. The van der Waals surface area contributed by atoms with Crippen LogP contribution in [0.3, 0.4) is 0 Å².